The van der Waals surface area contributed by atoms with Gasteiger partial charge in [-0.2, -0.15) is 0 Å². The Balaban J connectivity index is 2.24. The van der Waals surface area contributed by atoms with Crippen molar-refractivity contribution in [1.29, 1.82) is 0 Å². The van der Waals surface area contributed by atoms with Gasteiger partial charge in [-0.25, -0.2) is 9.69 Å². The normalized spacial score (nSPS) is 18.1. The van der Waals surface area contributed by atoms with Crippen LogP contribution >= 0.6 is 0 Å². The second-order valence-electron chi connectivity index (χ2n) is 6.64. The number of hydrogen-bond acceptors (Lipinski definition) is 5. The highest BCUT2D eigenvalue weighted by molar-refractivity contribution is 6.35. The summed E-state index contributed by atoms with van der Waals surface area (Å²) >= 11 is 0. The molecule has 146 valence electrons. The van der Waals surface area contributed by atoms with Gasteiger partial charge in [0.15, 0.2) is 5.92 Å². The van der Waals surface area contributed by atoms with Crippen molar-refractivity contribution in [3.8, 4) is 5.75 Å². The monoisotopic (exact) mass is 375 g/mol. The molecule has 1 saturated heterocycles. The maximum absolute atomic E-state index is 13.0. The average Bonchev–Trinajstić information content (AvgIpc) is 2.63. The third kappa shape index (κ3) is 4.91. The summed E-state index contributed by atoms with van der Waals surface area (Å²) in [5.41, 5.74) is 0.875. The second kappa shape index (κ2) is 9.27. The zero-order valence-corrected chi connectivity index (χ0v) is 16.2. The molecule has 1 unspecified atom stereocenters. The Bertz CT molecular complexity index is 728. The lowest BCUT2D eigenvalue weighted by atomic mass is 9.96. The van der Waals surface area contributed by atoms with Crippen LogP contribution in [0, 0.1) is 5.92 Å². The standard InChI is InChI=1S/C19H26N4O4/c1-5-15(20-11-6-12-22(2)3)16-17(24)21-19(26)23(18(16)25)13-7-9-14(27-4)10-8-13/h7-10,16H,5-6,11-12H2,1-4H3,(H,21,24,26)/p+1. The van der Waals surface area contributed by atoms with Crippen LogP contribution in [0.5, 0.6) is 5.75 Å². The number of methoxy groups -OCH3 is 1. The summed E-state index contributed by atoms with van der Waals surface area (Å²) in [7, 11) is 5.64. The van der Waals surface area contributed by atoms with Crippen LogP contribution < -0.4 is 19.9 Å². The number of nitrogens with zero attached hydrogens (tertiary/aromatic N) is 2. The molecule has 0 bridgehead atoms. The van der Waals surface area contributed by atoms with Crippen LogP contribution in [0.4, 0.5) is 10.5 Å². The predicted octanol–water partition coefficient (Wildman–Crippen LogP) is 0.280. The number of ether oxygens (including phenoxy) is 1. The maximum Gasteiger partial charge on any atom is 0.335 e. The van der Waals surface area contributed by atoms with Crippen molar-refractivity contribution in [3.05, 3.63) is 24.3 Å². The molecule has 1 aromatic carbocycles. The Morgan fingerprint density at radius 1 is 1.22 bits per heavy atom. The van der Waals surface area contributed by atoms with E-state index in [0.717, 1.165) is 17.9 Å². The van der Waals surface area contributed by atoms with Gasteiger partial charge in [0, 0.05) is 18.7 Å². The van der Waals surface area contributed by atoms with Crippen LogP contribution in [-0.2, 0) is 9.59 Å². The van der Waals surface area contributed by atoms with Crippen LogP contribution in [0.25, 0.3) is 0 Å². The molecule has 0 saturated carbocycles. The lowest BCUT2D eigenvalue weighted by molar-refractivity contribution is -0.858. The van der Waals surface area contributed by atoms with Crippen molar-refractivity contribution in [3.63, 3.8) is 0 Å². The predicted molar refractivity (Wildman–Crippen MR) is 102 cm³/mol. The molecule has 1 atom stereocenters. The third-order valence-electron chi connectivity index (χ3n) is 4.34. The third-order valence-corrected chi connectivity index (χ3v) is 4.34. The second-order valence-corrected chi connectivity index (χ2v) is 6.64. The van der Waals surface area contributed by atoms with Crippen molar-refractivity contribution in [2.45, 2.75) is 19.8 Å². The first kappa shape index (κ1) is 20.6. The van der Waals surface area contributed by atoms with E-state index in [2.05, 4.69) is 24.4 Å². The largest absolute Gasteiger partial charge is 0.497 e. The van der Waals surface area contributed by atoms with E-state index in [4.69, 9.17) is 4.74 Å². The van der Waals surface area contributed by atoms with E-state index >= 15 is 0 Å². The van der Waals surface area contributed by atoms with Crippen LogP contribution in [0.3, 0.4) is 0 Å². The molecular weight excluding hydrogens is 348 g/mol. The summed E-state index contributed by atoms with van der Waals surface area (Å²) in [4.78, 5) is 44.4. The summed E-state index contributed by atoms with van der Waals surface area (Å²) in [5, 5.41) is 2.27. The molecule has 1 aliphatic rings. The number of carbonyl (C=O) groups is 3. The fraction of sp³-hybridized carbons (Fsp3) is 0.474. The fourth-order valence-electron chi connectivity index (χ4n) is 2.91. The van der Waals surface area contributed by atoms with Crippen LogP contribution in [0.1, 0.15) is 19.8 Å². The van der Waals surface area contributed by atoms with Gasteiger partial charge in [-0.15, -0.1) is 0 Å². The molecule has 0 spiro atoms. The number of quaternary nitrogens is 1. The van der Waals surface area contributed by atoms with E-state index in [-0.39, 0.29) is 0 Å². The Hall–Kier alpha value is -2.74. The van der Waals surface area contributed by atoms with E-state index in [9.17, 15) is 14.4 Å². The zero-order valence-electron chi connectivity index (χ0n) is 16.2. The zero-order chi connectivity index (χ0) is 20.0. The minimum Gasteiger partial charge on any atom is -0.497 e. The van der Waals surface area contributed by atoms with Gasteiger partial charge >= 0.3 is 6.03 Å². The summed E-state index contributed by atoms with van der Waals surface area (Å²) < 4.78 is 5.10. The lowest BCUT2D eigenvalue weighted by Gasteiger charge is -2.30. The number of amides is 4. The van der Waals surface area contributed by atoms with Crippen molar-refractivity contribution < 1.29 is 24.0 Å². The van der Waals surface area contributed by atoms with Gasteiger partial charge in [-0.05, 0) is 30.7 Å². The molecule has 27 heavy (non-hydrogen) atoms. The molecule has 0 radical (unpaired) electrons. The molecule has 0 aliphatic carbocycles. The first-order chi connectivity index (χ1) is 12.9. The van der Waals surface area contributed by atoms with Gasteiger partial charge in [0.05, 0.1) is 33.4 Å². The number of nitrogens with one attached hydrogen (secondary N) is 2. The number of barbiturate groups is 1. The van der Waals surface area contributed by atoms with E-state index in [1.54, 1.807) is 24.3 Å². The molecule has 8 nitrogen and oxygen atoms in total. The van der Waals surface area contributed by atoms with E-state index in [1.807, 2.05) is 6.92 Å². The highest BCUT2D eigenvalue weighted by Crippen LogP contribution is 2.24. The smallest absolute Gasteiger partial charge is 0.335 e. The molecule has 1 aromatic rings. The molecule has 1 heterocycles. The molecule has 2 rings (SSSR count). The minimum atomic E-state index is -1.08. The first-order valence-corrected chi connectivity index (χ1v) is 9.04. The van der Waals surface area contributed by atoms with Crippen molar-refractivity contribution in [2.75, 3.05) is 39.2 Å². The Labute approximate surface area is 159 Å². The fourth-order valence-corrected chi connectivity index (χ4v) is 2.91. The maximum atomic E-state index is 13.0. The number of imide groups is 2. The Morgan fingerprint density at radius 3 is 2.44 bits per heavy atom. The van der Waals surface area contributed by atoms with Crippen molar-refractivity contribution >= 4 is 29.2 Å². The van der Waals surface area contributed by atoms with E-state index < -0.39 is 23.8 Å². The molecule has 8 heteroatoms. The summed E-state index contributed by atoms with van der Waals surface area (Å²) in [6, 6.07) is 5.76. The number of urea groups is 1. The molecule has 0 aromatic heterocycles. The molecular formula is C19H27N4O4+. The molecule has 2 N–H and O–H groups in total. The summed E-state index contributed by atoms with van der Waals surface area (Å²) in [6.45, 7) is 3.34. The van der Waals surface area contributed by atoms with Crippen molar-refractivity contribution in [1.82, 2.24) is 5.32 Å². The molecule has 1 fully saturated rings. The van der Waals surface area contributed by atoms with Gasteiger partial charge in [-0.3, -0.25) is 19.9 Å². The number of benzene rings is 1. The van der Waals surface area contributed by atoms with Gasteiger partial charge in [0.1, 0.15) is 5.75 Å². The number of carbonyl (C=O) groups excluding carboxylic acids is 3. The van der Waals surface area contributed by atoms with Crippen LogP contribution in [0.2, 0.25) is 0 Å². The van der Waals surface area contributed by atoms with Gasteiger partial charge in [0.2, 0.25) is 5.91 Å². The minimum absolute atomic E-state index is 0.377. The highest BCUT2D eigenvalue weighted by Gasteiger charge is 2.43. The number of hydrogen-bond donors (Lipinski definition) is 2. The molecule has 4 amide bonds. The van der Waals surface area contributed by atoms with E-state index in [0.29, 0.717) is 30.1 Å². The van der Waals surface area contributed by atoms with Gasteiger partial charge < -0.3 is 9.64 Å². The van der Waals surface area contributed by atoms with E-state index in [1.165, 1.54) is 12.0 Å². The van der Waals surface area contributed by atoms with Gasteiger partial charge in [0.25, 0.3) is 5.91 Å². The summed E-state index contributed by atoms with van der Waals surface area (Å²) in [5.74, 6) is -1.67. The lowest BCUT2D eigenvalue weighted by Crippen LogP contribution is -3.05. The van der Waals surface area contributed by atoms with Gasteiger partial charge in [-0.1, -0.05) is 6.92 Å². The number of anilines is 1. The number of aliphatic imine (C=N–C) groups is 1. The number of rotatable bonds is 8. The topological polar surface area (TPSA) is 92.5 Å². The Kier molecular flexibility index (Phi) is 7.06. The highest BCUT2D eigenvalue weighted by atomic mass is 16.5. The summed E-state index contributed by atoms with van der Waals surface area (Å²) in [6.07, 6.45) is 1.32. The SMILES string of the molecule is CCC(=NCCC[NH+](C)C)C1C(=O)NC(=O)N(c2ccc(OC)cc2)C1=O. The van der Waals surface area contributed by atoms with Crippen LogP contribution in [0.15, 0.2) is 29.3 Å². The first-order valence-electron chi connectivity index (χ1n) is 9.04. The average molecular weight is 375 g/mol. The van der Waals surface area contributed by atoms with Crippen LogP contribution in [-0.4, -0.2) is 57.9 Å². The molecule has 1 aliphatic heterocycles. The Morgan fingerprint density at radius 2 is 1.89 bits per heavy atom. The van der Waals surface area contributed by atoms with Crippen molar-refractivity contribution in [2.24, 2.45) is 10.9 Å². The quantitative estimate of drug-likeness (QED) is 0.388.